The lowest BCUT2D eigenvalue weighted by atomic mass is 10.2. The van der Waals surface area contributed by atoms with E-state index in [9.17, 15) is 5.11 Å². The Morgan fingerprint density at radius 2 is 1.89 bits per heavy atom. The highest BCUT2D eigenvalue weighted by Crippen LogP contribution is 2.24. The molecule has 1 N–H and O–H groups in total. The lowest BCUT2D eigenvalue weighted by Crippen LogP contribution is -2.17. The standard InChI is InChI=1S/C15H18N2O/c1-3-17(14-7-5-4-6-8-14)15-10-13(11-18)9-12(2)16-15/h4-10,18H,3,11H2,1-2H3. The third-order valence-electron chi connectivity index (χ3n) is 2.84. The number of aromatic nitrogens is 1. The number of aryl methyl sites for hydroxylation is 1. The number of rotatable bonds is 4. The second-order valence-electron chi connectivity index (χ2n) is 4.21. The van der Waals surface area contributed by atoms with Crippen molar-refractivity contribution < 1.29 is 5.11 Å². The molecule has 2 aromatic rings. The summed E-state index contributed by atoms with van der Waals surface area (Å²) in [5, 5.41) is 9.27. The summed E-state index contributed by atoms with van der Waals surface area (Å²) in [4.78, 5) is 6.68. The Kier molecular flexibility index (Phi) is 3.95. The average molecular weight is 242 g/mol. The molecule has 0 atom stereocenters. The summed E-state index contributed by atoms with van der Waals surface area (Å²) < 4.78 is 0. The number of hydrogen-bond donors (Lipinski definition) is 1. The smallest absolute Gasteiger partial charge is 0.133 e. The molecule has 3 nitrogen and oxygen atoms in total. The van der Waals surface area contributed by atoms with Gasteiger partial charge in [-0.1, -0.05) is 18.2 Å². The van der Waals surface area contributed by atoms with Crippen molar-refractivity contribution >= 4 is 11.5 Å². The summed E-state index contributed by atoms with van der Waals surface area (Å²) in [6.45, 7) is 4.92. The summed E-state index contributed by atoms with van der Waals surface area (Å²) >= 11 is 0. The molecular weight excluding hydrogens is 224 g/mol. The summed E-state index contributed by atoms with van der Waals surface area (Å²) in [6, 6.07) is 14.0. The van der Waals surface area contributed by atoms with Crippen LogP contribution in [0.5, 0.6) is 0 Å². The number of aliphatic hydroxyl groups excluding tert-OH is 1. The molecule has 0 amide bonds. The van der Waals surface area contributed by atoms with Gasteiger partial charge < -0.3 is 10.0 Å². The molecule has 1 heterocycles. The fourth-order valence-corrected chi connectivity index (χ4v) is 2.04. The predicted octanol–water partition coefficient (Wildman–Crippen LogP) is 3.04. The van der Waals surface area contributed by atoms with Crippen molar-refractivity contribution in [3.63, 3.8) is 0 Å². The highest BCUT2D eigenvalue weighted by atomic mass is 16.3. The van der Waals surface area contributed by atoms with Gasteiger partial charge in [-0.2, -0.15) is 0 Å². The van der Waals surface area contributed by atoms with Crippen LogP contribution in [0.2, 0.25) is 0 Å². The zero-order chi connectivity index (χ0) is 13.0. The van der Waals surface area contributed by atoms with Crippen molar-refractivity contribution in [2.75, 3.05) is 11.4 Å². The molecule has 0 unspecified atom stereocenters. The zero-order valence-corrected chi connectivity index (χ0v) is 10.8. The summed E-state index contributed by atoms with van der Waals surface area (Å²) in [5.74, 6) is 0.882. The summed E-state index contributed by atoms with van der Waals surface area (Å²) in [7, 11) is 0. The van der Waals surface area contributed by atoms with E-state index in [2.05, 4.69) is 28.9 Å². The number of hydrogen-bond acceptors (Lipinski definition) is 3. The Hall–Kier alpha value is -1.87. The Morgan fingerprint density at radius 1 is 1.17 bits per heavy atom. The molecule has 3 heteroatoms. The first-order valence-electron chi connectivity index (χ1n) is 6.15. The quantitative estimate of drug-likeness (QED) is 0.895. The van der Waals surface area contributed by atoms with Crippen LogP contribution in [0.1, 0.15) is 18.2 Å². The van der Waals surface area contributed by atoms with Gasteiger partial charge in [-0.05, 0) is 43.7 Å². The molecule has 0 aliphatic heterocycles. The monoisotopic (exact) mass is 242 g/mol. The predicted molar refractivity (Wildman–Crippen MR) is 74.0 cm³/mol. The second-order valence-corrected chi connectivity index (χ2v) is 4.21. The minimum Gasteiger partial charge on any atom is -0.392 e. The van der Waals surface area contributed by atoms with E-state index in [0.717, 1.165) is 29.3 Å². The van der Waals surface area contributed by atoms with E-state index in [1.807, 2.05) is 37.3 Å². The van der Waals surface area contributed by atoms with Gasteiger partial charge in [0.1, 0.15) is 5.82 Å². The molecule has 18 heavy (non-hydrogen) atoms. The molecule has 0 fully saturated rings. The van der Waals surface area contributed by atoms with Crippen LogP contribution >= 0.6 is 0 Å². The molecule has 0 saturated carbocycles. The van der Waals surface area contributed by atoms with Crippen LogP contribution in [0.15, 0.2) is 42.5 Å². The van der Waals surface area contributed by atoms with Gasteiger partial charge in [-0.25, -0.2) is 4.98 Å². The average Bonchev–Trinajstić information content (AvgIpc) is 2.40. The molecule has 0 radical (unpaired) electrons. The van der Waals surface area contributed by atoms with Gasteiger partial charge in [0.25, 0.3) is 0 Å². The first kappa shape index (κ1) is 12.6. The molecule has 0 aliphatic rings. The first-order chi connectivity index (χ1) is 8.74. The van der Waals surface area contributed by atoms with E-state index in [-0.39, 0.29) is 6.61 Å². The SMILES string of the molecule is CCN(c1ccccc1)c1cc(CO)cc(C)n1. The maximum absolute atomic E-state index is 9.27. The molecule has 0 aliphatic carbocycles. The van der Waals surface area contributed by atoms with E-state index in [0.29, 0.717) is 0 Å². The summed E-state index contributed by atoms with van der Waals surface area (Å²) in [5.41, 5.74) is 2.93. The number of para-hydroxylation sites is 1. The van der Waals surface area contributed by atoms with Crippen molar-refractivity contribution in [2.24, 2.45) is 0 Å². The maximum atomic E-state index is 9.27. The Balaban J connectivity index is 2.42. The van der Waals surface area contributed by atoms with Crippen LogP contribution in [0, 0.1) is 6.92 Å². The summed E-state index contributed by atoms with van der Waals surface area (Å²) in [6.07, 6.45) is 0. The van der Waals surface area contributed by atoms with Gasteiger partial charge >= 0.3 is 0 Å². The van der Waals surface area contributed by atoms with Crippen molar-refractivity contribution in [1.29, 1.82) is 0 Å². The molecule has 1 aromatic heterocycles. The van der Waals surface area contributed by atoms with Crippen LogP contribution in [0.25, 0.3) is 0 Å². The normalized spacial score (nSPS) is 10.4. The van der Waals surface area contributed by atoms with Gasteiger partial charge in [0.05, 0.1) is 6.61 Å². The highest BCUT2D eigenvalue weighted by molar-refractivity contribution is 5.60. The molecule has 0 spiro atoms. The third-order valence-corrected chi connectivity index (χ3v) is 2.84. The Labute approximate surface area is 108 Å². The van der Waals surface area contributed by atoms with Crippen LogP contribution in [0.3, 0.4) is 0 Å². The minimum absolute atomic E-state index is 0.0443. The van der Waals surface area contributed by atoms with Gasteiger partial charge in [-0.3, -0.25) is 0 Å². The number of nitrogens with zero attached hydrogens (tertiary/aromatic N) is 2. The van der Waals surface area contributed by atoms with Crippen LogP contribution in [0.4, 0.5) is 11.5 Å². The van der Waals surface area contributed by atoms with Gasteiger partial charge in [0.2, 0.25) is 0 Å². The molecule has 94 valence electrons. The van der Waals surface area contributed by atoms with Gasteiger partial charge in [-0.15, -0.1) is 0 Å². The number of pyridine rings is 1. The topological polar surface area (TPSA) is 36.4 Å². The highest BCUT2D eigenvalue weighted by Gasteiger charge is 2.09. The van der Waals surface area contributed by atoms with Gasteiger partial charge in [0.15, 0.2) is 0 Å². The molecule has 0 saturated heterocycles. The van der Waals surface area contributed by atoms with E-state index < -0.39 is 0 Å². The third kappa shape index (κ3) is 2.68. The number of aliphatic hydroxyl groups is 1. The van der Waals surface area contributed by atoms with E-state index in [4.69, 9.17) is 0 Å². The first-order valence-corrected chi connectivity index (χ1v) is 6.15. The van der Waals surface area contributed by atoms with Crippen LogP contribution in [-0.4, -0.2) is 16.6 Å². The molecular formula is C15H18N2O. The van der Waals surface area contributed by atoms with Crippen molar-refractivity contribution in [3.8, 4) is 0 Å². The van der Waals surface area contributed by atoms with Crippen LogP contribution in [-0.2, 0) is 6.61 Å². The van der Waals surface area contributed by atoms with Crippen LogP contribution < -0.4 is 4.90 Å². The fourth-order valence-electron chi connectivity index (χ4n) is 2.04. The largest absolute Gasteiger partial charge is 0.392 e. The van der Waals surface area contributed by atoms with Crippen molar-refractivity contribution in [1.82, 2.24) is 4.98 Å². The van der Waals surface area contributed by atoms with E-state index in [1.165, 1.54) is 0 Å². The fraction of sp³-hybridized carbons (Fsp3) is 0.267. The van der Waals surface area contributed by atoms with Crippen molar-refractivity contribution in [3.05, 3.63) is 53.7 Å². The van der Waals surface area contributed by atoms with E-state index >= 15 is 0 Å². The van der Waals surface area contributed by atoms with E-state index in [1.54, 1.807) is 0 Å². The Morgan fingerprint density at radius 3 is 2.50 bits per heavy atom. The number of benzene rings is 1. The minimum atomic E-state index is 0.0443. The second kappa shape index (κ2) is 5.65. The molecule has 0 bridgehead atoms. The number of anilines is 2. The Bertz CT molecular complexity index is 511. The lowest BCUT2D eigenvalue weighted by Gasteiger charge is -2.23. The zero-order valence-electron chi connectivity index (χ0n) is 10.8. The lowest BCUT2D eigenvalue weighted by molar-refractivity contribution is 0.281. The molecule has 2 rings (SSSR count). The van der Waals surface area contributed by atoms with Gasteiger partial charge in [0, 0.05) is 17.9 Å². The van der Waals surface area contributed by atoms with Crippen molar-refractivity contribution in [2.45, 2.75) is 20.5 Å². The molecule has 1 aromatic carbocycles. The maximum Gasteiger partial charge on any atom is 0.133 e.